The number of fused-ring (bicyclic) bond motifs is 2. The Bertz CT molecular complexity index is 1020. The minimum absolute atomic E-state index is 0.0741. The van der Waals surface area contributed by atoms with Gasteiger partial charge in [0.2, 0.25) is 22.7 Å². The molecule has 0 aliphatic carbocycles. The molecule has 2 heterocycles. The molecule has 154 valence electrons. The molecule has 1 amide bonds. The average molecular weight is 420 g/mol. The number of hydrogen-bond acceptors (Lipinski definition) is 7. The van der Waals surface area contributed by atoms with Crippen LogP contribution in [0.2, 0.25) is 0 Å². The topological polar surface area (TPSA) is 103 Å². The number of para-hydroxylation sites is 2. The Hall–Kier alpha value is -3.14. The highest BCUT2D eigenvalue weighted by Crippen LogP contribution is 2.36. The van der Waals surface area contributed by atoms with Gasteiger partial charge in [-0.15, -0.1) is 0 Å². The largest absolute Gasteiger partial charge is 0.486 e. The molecule has 0 radical (unpaired) electrons. The third-order valence-electron chi connectivity index (χ3n) is 4.43. The summed E-state index contributed by atoms with van der Waals surface area (Å²) >= 11 is 0. The second-order valence-corrected chi connectivity index (χ2v) is 8.52. The van der Waals surface area contributed by atoms with Gasteiger partial charge in [-0.25, -0.2) is 8.42 Å². The van der Waals surface area contributed by atoms with E-state index in [9.17, 15) is 13.2 Å². The zero-order valence-corrected chi connectivity index (χ0v) is 16.5. The summed E-state index contributed by atoms with van der Waals surface area (Å²) in [6.45, 7) is 0.175. The highest BCUT2D eigenvalue weighted by molar-refractivity contribution is 7.92. The van der Waals surface area contributed by atoms with E-state index < -0.39 is 15.9 Å². The van der Waals surface area contributed by atoms with E-state index in [-0.39, 0.29) is 32.6 Å². The summed E-state index contributed by atoms with van der Waals surface area (Å²) in [5.74, 6) is 1.76. The van der Waals surface area contributed by atoms with E-state index >= 15 is 0 Å². The van der Waals surface area contributed by atoms with E-state index in [4.69, 9.17) is 18.9 Å². The summed E-state index contributed by atoms with van der Waals surface area (Å²) in [4.78, 5) is 12.4. The number of anilines is 1. The van der Waals surface area contributed by atoms with Gasteiger partial charge in [-0.2, -0.15) is 0 Å². The van der Waals surface area contributed by atoms with Gasteiger partial charge in [-0.1, -0.05) is 12.1 Å². The highest BCUT2D eigenvalue weighted by Gasteiger charge is 2.25. The van der Waals surface area contributed by atoms with Crippen LogP contribution in [0.1, 0.15) is 0 Å². The number of nitrogens with one attached hydrogen (secondary N) is 1. The van der Waals surface area contributed by atoms with Crippen molar-refractivity contribution in [3.63, 3.8) is 0 Å². The van der Waals surface area contributed by atoms with E-state index in [0.29, 0.717) is 28.7 Å². The first kappa shape index (κ1) is 19.2. The Labute approximate surface area is 168 Å². The molecule has 9 nitrogen and oxygen atoms in total. The van der Waals surface area contributed by atoms with Crippen LogP contribution in [-0.2, 0) is 14.8 Å². The van der Waals surface area contributed by atoms with E-state index in [1.54, 1.807) is 24.3 Å². The first-order valence-electron chi connectivity index (χ1n) is 8.93. The van der Waals surface area contributed by atoms with Crippen molar-refractivity contribution < 1.29 is 32.2 Å². The van der Waals surface area contributed by atoms with Crippen LogP contribution >= 0.6 is 0 Å². The summed E-state index contributed by atoms with van der Waals surface area (Å²) in [7, 11) is -3.69. The zero-order valence-electron chi connectivity index (χ0n) is 15.7. The number of carbonyl (C=O) groups is 1. The molecular formula is C19H20N2O7S. The molecule has 10 heteroatoms. The fourth-order valence-corrected chi connectivity index (χ4v) is 3.87. The van der Waals surface area contributed by atoms with Gasteiger partial charge in [0.1, 0.15) is 19.3 Å². The maximum Gasteiger partial charge on any atom is 0.240 e. The van der Waals surface area contributed by atoms with Crippen molar-refractivity contribution >= 4 is 21.6 Å². The Balaban J connectivity index is 1.39. The lowest BCUT2D eigenvalue weighted by Crippen LogP contribution is -2.45. The van der Waals surface area contributed by atoms with E-state index in [1.807, 2.05) is 12.1 Å². The van der Waals surface area contributed by atoms with E-state index in [1.165, 1.54) is 6.07 Å². The Kier molecular flexibility index (Phi) is 5.10. The number of rotatable bonds is 6. The molecule has 2 aromatic carbocycles. The van der Waals surface area contributed by atoms with Crippen molar-refractivity contribution in [3.05, 3.63) is 42.5 Å². The summed E-state index contributed by atoms with van der Waals surface area (Å²) < 4.78 is 47.4. The minimum atomic E-state index is -3.69. The molecule has 0 unspecified atom stereocenters. The quantitative estimate of drug-likeness (QED) is 0.747. The predicted molar refractivity (Wildman–Crippen MR) is 104 cm³/mol. The molecule has 1 atom stereocenters. The van der Waals surface area contributed by atoms with Crippen LogP contribution in [0, 0.1) is 0 Å². The molecule has 4 rings (SSSR count). The molecule has 2 aliphatic rings. The fraction of sp³-hybridized carbons (Fsp3) is 0.316. The van der Waals surface area contributed by atoms with Gasteiger partial charge in [0, 0.05) is 6.07 Å². The predicted octanol–water partition coefficient (Wildman–Crippen LogP) is 1.14. The maximum absolute atomic E-state index is 12.4. The molecule has 2 aromatic rings. The van der Waals surface area contributed by atoms with Crippen molar-refractivity contribution in [2.24, 2.45) is 0 Å². The van der Waals surface area contributed by atoms with Gasteiger partial charge >= 0.3 is 0 Å². The molecule has 0 saturated heterocycles. The number of amides is 1. The van der Waals surface area contributed by atoms with Crippen LogP contribution in [-0.4, -0.2) is 53.2 Å². The lowest BCUT2D eigenvalue weighted by atomic mass is 10.2. The molecule has 1 N–H and O–H groups in total. The van der Waals surface area contributed by atoms with Crippen LogP contribution < -0.4 is 28.6 Å². The Morgan fingerprint density at radius 2 is 1.79 bits per heavy atom. The van der Waals surface area contributed by atoms with Crippen molar-refractivity contribution in [1.82, 2.24) is 5.32 Å². The van der Waals surface area contributed by atoms with Gasteiger partial charge in [-0.3, -0.25) is 9.10 Å². The normalized spacial score (nSPS) is 16.9. The van der Waals surface area contributed by atoms with Crippen molar-refractivity contribution in [2.75, 3.05) is 37.1 Å². The van der Waals surface area contributed by atoms with Crippen LogP contribution in [0.4, 0.5) is 5.69 Å². The number of benzene rings is 2. The molecule has 0 aromatic heterocycles. The van der Waals surface area contributed by atoms with Crippen molar-refractivity contribution in [1.29, 1.82) is 0 Å². The Morgan fingerprint density at radius 1 is 1.07 bits per heavy atom. The number of nitrogens with zero attached hydrogens (tertiary/aromatic N) is 1. The summed E-state index contributed by atoms with van der Waals surface area (Å²) in [5, 5.41) is 2.70. The molecule has 29 heavy (non-hydrogen) atoms. The number of ether oxygens (including phenoxy) is 4. The van der Waals surface area contributed by atoms with Gasteiger partial charge in [0.05, 0.1) is 18.5 Å². The lowest BCUT2D eigenvalue weighted by molar-refractivity contribution is -0.120. The highest BCUT2D eigenvalue weighted by atomic mass is 32.2. The average Bonchev–Trinajstić information content (AvgIpc) is 3.17. The SMILES string of the molecule is CS(=O)(=O)N(CC(=O)NC[C@@H]1COc2ccccc2O1)c1ccc2c(c1)OCO2. The van der Waals surface area contributed by atoms with Crippen molar-refractivity contribution in [2.45, 2.75) is 6.10 Å². The first-order valence-corrected chi connectivity index (χ1v) is 10.8. The second kappa shape index (κ2) is 7.70. The number of carbonyl (C=O) groups excluding carboxylic acids is 1. The van der Waals surface area contributed by atoms with Crippen LogP contribution in [0.25, 0.3) is 0 Å². The summed E-state index contributed by atoms with van der Waals surface area (Å²) in [6, 6.07) is 12.0. The van der Waals surface area contributed by atoms with Gasteiger partial charge in [0.15, 0.2) is 23.0 Å². The molecule has 0 bridgehead atoms. The van der Waals surface area contributed by atoms with Crippen molar-refractivity contribution in [3.8, 4) is 23.0 Å². The number of sulfonamides is 1. The van der Waals surface area contributed by atoms with Gasteiger partial charge in [-0.05, 0) is 24.3 Å². The smallest absolute Gasteiger partial charge is 0.240 e. The summed E-state index contributed by atoms with van der Waals surface area (Å²) in [6.07, 6.45) is 0.672. The first-order chi connectivity index (χ1) is 13.9. The van der Waals surface area contributed by atoms with Gasteiger partial charge in [0.25, 0.3) is 0 Å². The zero-order chi connectivity index (χ0) is 20.4. The maximum atomic E-state index is 12.4. The molecule has 0 saturated carbocycles. The monoisotopic (exact) mass is 420 g/mol. The Morgan fingerprint density at radius 3 is 2.59 bits per heavy atom. The third-order valence-corrected chi connectivity index (χ3v) is 5.57. The molecule has 0 fully saturated rings. The standard InChI is InChI=1S/C19H20N2O7S/c1-29(23,24)21(13-6-7-16-18(8-13)27-12-26-16)10-19(22)20-9-14-11-25-15-4-2-3-5-17(15)28-14/h2-8,14H,9-12H2,1H3,(H,20,22)/t14-/m1/s1. The third kappa shape index (κ3) is 4.32. The number of hydrogen-bond donors (Lipinski definition) is 1. The van der Waals surface area contributed by atoms with Crippen LogP contribution in [0.5, 0.6) is 23.0 Å². The lowest BCUT2D eigenvalue weighted by Gasteiger charge is -2.27. The van der Waals surface area contributed by atoms with E-state index in [2.05, 4.69) is 5.32 Å². The van der Waals surface area contributed by atoms with Crippen LogP contribution in [0.15, 0.2) is 42.5 Å². The second-order valence-electron chi connectivity index (χ2n) is 6.61. The van der Waals surface area contributed by atoms with E-state index in [0.717, 1.165) is 10.6 Å². The molecule has 0 spiro atoms. The molecule has 2 aliphatic heterocycles. The molecular weight excluding hydrogens is 400 g/mol. The summed E-state index contributed by atoms with van der Waals surface area (Å²) in [5.41, 5.74) is 0.318. The van der Waals surface area contributed by atoms with Crippen LogP contribution in [0.3, 0.4) is 0 Å². The fourth-order valence-electron chi connectivity index (χ4n) is 3.02. The minimum Gasteiger partial charge on any atom is -0.486 e. The van der Waals surface area contributed by atoms with Gasteiger partial charge < -0.3 is 24.3 Å².